The van der Waals surface area contributed by atoms with Crippen molar-refractivity contribution < 1.29 is 9.59 Å². The van der Waals surface area contributed by atoms with E-state index in [4.69, 9.17) is 18.0 Å². The lowest BCUT2D eigenvalue weighted by Crippen LogP contribution is -2.59. The summed E-state index contributed by atoms with van der Waals surface area (Å²) in [5, 5.41) is 5.71. The van der Waals surface area contributed by atoms with Crippen LogP contribution in [0.1, 0.15) is 32.6 Å². The summed E-state index contributed by atoms with van der Waals surface area (Å²) in [6.45, 7) is 2.58. The Morgan fingerprint density at radius 1 is 1.56 bits per heavy atom. The largest absolute Gasteiger partial charge is 0.392 e. The quantitative estimate of drug-likeness (QED) is 0.634. The highest BCUT2D eigenvalue weighted by molar-refractivity contribution is 7.80. The van der Waals surface area contributed by atoms with Gasteiger partial charge in [0.25, 0.3) is 0 Å². The molecule has 0 aromatic heterocycles. The van der Waals surface area contributed by atoms with Crippen molar-refractivity contribution >= 4 is 29.0 Å². The number of carbonyl (C=O) groups is 2. The Kier molecular flexibility index (Phi) is 3.56. The lowest BCUT2D eigenvalue weighted by atomic mass is 9.62. The first-order chi connectivity index (χ1) is 8.44. The zero-order valence-electron chi connectivity index (χ0n) is 10.5. The first kappa shape index (κ1) is 13.3. The highest BCUT2D eigenvalue weighted by Crippen LogP contribution is 2.46. The molecule has 1 aliphatic heterocycles. The predicted molar refractivity (Wildman–Crippen MR) is 71.8 cm³/mol. The second-order valence-corrected chi connectivity index (χ2v) is 5.91. The van der Waals surface area contributed by atoms with E-state index in [1.54, 1.807) is 0 Å². The predicted octanol–water partition coefficient (Wildman–Crippen LogP) is 0.0836. The smallest absolute Gasteiger partial charge is 0.233 e. The number of carbonyl (C=O) groups excluding carboxylic acids is 2. The molecule has 1 aliphatic carbocycles. The molecule has 5 nitrogen and oxygen atoms in total. The molecule has 1 unspecified atom stereocenters. The summed E-state index contributed by atoms with van der Waals surface area (Å²) in [7, 11) is 0. The molecular formula is C12H19N3O2S. The van der Waals surface area contributed by atoms with Gasteiger partial charge in [0.15, 0.2) is 0 Å². The van der Waals surface area contributed by atoms with Crippen molar-refractivity contribution in [1.29, 1.82) is 0 Å². The number of piperidine rings is 1. The third-order valence-corrected chi connectivity index (χ3v) is 4.29. The molecule has 2 rings (SSSR count). The fourth-order valence-electron chi connectivity index (χ4n) is 2.81. The van der Waals surface area contributed by atoms with E-state index in [0.717, 1.165) is 12.8 Å². The van der Waals surface area contributed by atoms with Crippen molar-refractivity contribution in [2.24, 2.45) is 17.1 Å². The molecule has 1 saturated carbocycles. The van der Waals surface area contributed by atoms with Crippen LogP contribution >= 0.6 is 12.2 Å². The zero-order valence-corrected chi connectivity index (χ0v) is 11.3. The van der Waals surface area contributed by atoms with Gasteiger partial charge in [-0.25, -0.2) is 0 Å². The van der Waals surface area contributed by atoms with Crippen molar-refractivity contribution in [3.63, 3.8) is 0 Å². The number of amides is 2. The van der Waals surface area contributed by atoms with Crippen LogP contribution in [0.4, 0.5) is 0 Å². The molecule has 2 aliphatic rings. The third-order valence-electron chi connectivity index (χ3n) is 3.90. The number of thiocarbonyl (C=S) groups is 1. The maximum Gasteiger partial charge on any atom is 0.233 e. The number of rotatable bonds is 3. The Labute approximate surface area is 112 Å². The molecule has 2 amide bonds. The Morgan fingerprint density at radius 3 is 2.67 bits per heavy atom. The summed E-state index contributed by atoms with van der Waals surface area (Å²) in [4.78, 5) is 23.6. The molecule has 6 heteroatoms. The average molecular weight is 269 g/mol. The van der Waals surface area contributed by atoms with E-state index in [2.05, 4.69) is 17.6 Å². The van der Waals surface area contributed by atoms with Gasteiger partial charge in [-0.15, -0.1) is 0 Å². The average Bonchev–Trinajstić information content (AvgIpc) is 2.27. The van der Waals surface area contributed by atoms with E-state index < -0.39 is 5.41 Å². The minimum absolute atomic E-state index is 0.00247. The van der Waals surface area contributed by atoms with E-state index in [9.17, 15) is 9.59 Å². The van der Waals surface area contributed by atoms with Gasteiger partial charge < -0.3 is 16.4 Å². The van der Waals surface area contributed by atoms with Crippen molar-refractivity contribution in [1.82, 2.24) is 10.6 Å². The Bertz CT molecular complexity index is 381. The van der Waals surface area contributed by atoms with Crippen LogP contribution in [-0.4, -0.2) is 29.4 Å². The molecule has 100 valence electrons. The van der Waals surface area contributed by atoms with Crippen LogP contribution in [0.2, 0.25) is 0 Å². The molecule has 4 N–H and O–H groups in total. The molecule has 0 spiro atoms. The van der Waals surface area contributed by atoms with Crippen molar-refractivity contribution in [2.45, 2.75) is 38.6 Å². The van der Waals surface area contributed by atoms with Gasteiger partial charge >= 0.3 is 0 Å². The van der Waals surface area contributed by atoms with Gasteiger partial charge in [-0.1, -0.05) is 19.1 Å². The number of hydrogen-bond acceptors (Lipinski definition) is 3. The molecule has 18 heavy (non-hydrogen) atoms. The maximum absolute atomic E-state index is 12.3. The minimum Gasteiger partial charge on any atom is -0.392 e. The standard InChI is InChI=1S/C12H19N3O2S/c1-7-4-12(5-7,10(13)18)11(17)15-8-2-3-9(16)14-6-8/h7-8H,2-6H2,1H3,(H2,13,18)(H,14,16)(H,15,17). The summed E-state index contributed by atoms with van der Waals surface area (Å²) in [6.07, 6.45) is 2.60. The normalized spacial score (nSPS) is 35.3. The summed E-state index contributed by atoms with van der Waals surface area (Å²) >= 11 is 5.04. The van der Waals surface area contributed by atoms with Crippen LogP contribution in [0.5, 0.6) is 0 Å². The third kappa shape index (κ3) is 2.34. The van der Waals surface area contributed by atoms with E-state index in [1.165, 1.54) is 0 Å². The first-order valence-corrected chi connectivity index (χ1v) is 6.72. The van der Waals surface area contributed by atoms with Crippen molar-refractivity contribution in [3.8, 4) is 0 Å². The van der Waals surface area contributed by atoms with E-state index in [1.807, 2.05) is 0 Å². The summed E-state index contributed by atoms with van der Waals surface area (Å²) in [5.41, 5.74) is 5.07. The van der Waals surface area contributed by atoms with E-state index in [-0.39, 0.29) is 22.8 Å². The highest BCUT2D eigenvalue weighted by atomic mass is 32.1. The second-order valence-electron chi connectivity index (χ2n) is 5.47. The van der Waals surface area contributed by atoms with Crippen LogP contribution < -0.4 is 16.4 Å². The van der Waals surface area contributed by atoms with Crippen LogP contribution in [0.25, 0.3) is 0 Å². The Morgan fingerprint density at radius 2 is 2.22 bits per heavy atom. The van der Waals surface area contributed by atoms with Crippen LogP contribution in [0.15, 0.2) is 0 Å². The van der Waals surface area contributed by atoms with Gasteiger partial charge in [-0.05, 0) is 25.2 Å². The van der Waals surface area contributed by atoms with E-state index >= 15 is 0 Å². The van der Waals surface area contributed by atoms with Gasteiger partial charge in [0.2, 0.25) is 11.8 Å². The fourth-order valence-corrected chi connectivity index (χ4v) is 3.07. The maximum atomic E-state index is 12.3. The minimum atomic E-state index is -0.657. The van der Waals surface area contributed by atoms with Gasteiger partial charge in [-0.3, -0.25) is 9.59 Å². The summed E-state index contributed by atoms with van der Waals surface area (Å²) < 4.78 is 0. The zero-order chi connectivity index (χ0) is 13.3. The molecule has 1 saturated heterocycles. The molecule has 1 atom stereocenters. The number of hydrogen-bond donors (Lipinski definition) is 3. The lowest BCUT2D eigenvalue weighted by Gasteiger charge is -2.45. The van der Waals surface area contributed by atoms with Gasteiger partial charge in [0, 0.05) is 19.0 Å². The van der Waals surface area contributed by atoms with Crippen LogP contribution in [-0.2, 0) is 9.59 Å². The Balaban J connectivity index is 1.94. The summed E-state index contributed by atoms with van der Waals surface area (Å²) in [6, 6.07) is -0.00247. The lowest BCUT2D eigenvalue weighted by molar-refractivity contribution is -0.134. The van der Waals surface area contributed by atoms with Gasteiger partial charge in [-0.2, -0.15) is 0 Å². The topological polar surface area (TPSA) is 84.2 Å². The van der Waals surface area contributed by atoms with Crippen molar-refractivity contribution in [2.75, 3.05) is 6.54 Å². The second kappa shape index (κ2) is 4.84. The molecule has 0 aromatic carbocycles. The molecule has 0 bridgehead atoms. The van der Waals surface area contributed by atoms with Crippen molar-refractivity contribution in [3.05, 3.63) is 0 Å². The first-order valence-electron chi connectivity index (χ1n) is 6.31. The van der Waals surface area contributed by atoms with Gasteiger partial charge in [0.1, 0.15) is 0 Å². The Hall–Kier alpha value is -1.17. The molecule has 1 heterocycles. The molecule has 0 radical (unpaired) electrons. The molecule has 0 aromatic rings. The molecule has 2 fully saturated rings. The monoisotopic (exact) mass is 269 g/mol. The summed E-state index contributed by atoms with van der Waals surface area (Å²) in [5.74, 6) is 0.458. The highest BCUT2D eigenvalue weighted by Gasteiger charge is 2.51. The number of nitrogens with two attached hydrogens (primary N) is 1. The SMILES string of the molecule is CC1CC(C(=O)NC2CCC(=O)NC2)(C(N)=S)C1. The molecular weight excluding hydrogens is 250 g/mol. The van der Waals surface area contributed by atoms with E-state index in [0.29, 0.717) is 25.3 Å². The number of nitrogens with one attached hydrogen (secondary N) is 2. The van der Waals surface area contributed by atoms with Gasteiger partial charge in [0.05, 0.1) is 10.4 Å². The van der Waals surface area contributed by atoms with Crippen LogP contribution in [0.3, 0.4) is 0 Å². The van der Waals surface area contributed by atoms with Crippen LogP contribution in [0, 0.1) is 11.3 Å². The fraction of sp³-hybridized carbons (Fsp3) is 0.750.